The third-order valence-electron chi connectivity index (χ3n) is 6.93. The maximum atomic E-state index is 12.9. The summed E-state index contributed by atoms with van der Waals surface area (Å²) in [5.74, 6) is 1.09. The largest absolute Gasteiger partial charge is 0.495 e. The molecule has 216 valence electrons. The molecular weight excluding hydrogens is 512 g/mol. The Morgan fingerprint density at radius 1 is 0.775 bits per heavy atom. The zero-order chi connectivity index (χ0) is 29.4. The summed E-state index contributed by atoms with van der Waals surface area (Å²) >= 11 is 0. The lowest BCUT2D eigenvalue weighted by Gasteiger charge is -2.40. The lowest BCUT2D eigenvalue weighted by atomic mass is 9.95. The van der Waals surface area contributed by atoms with Crippen molar-refractivity contribution in [2.75, 3.05) is 14.2 Å². The van der Waals surface area contributed by atoms with Crippen LogP contribution in [0.2, 0.25) is 0 Å². The zero-order valence-electron chi connectivity index (χ0n) is 24.8. The van der Waals surface area contributed by atoms with Crippen molar-refractivity contribution >= 4 is 33.5 Å². The number of fused-ring (bicyclic) bond motifs is 2. The molecular formula is C32H40O8. The number of hydrogen-bond acceptors (Lipinski definition) is 8. The van der Waals surface area contributed by atoms with Crippen molar-refractivity contribution in [2.45, 2.75) is 79.5 Å². The van der Waals surface area contributed by atoms with Crippen LogP contribution in [-0.4, -0.2) is 50.8 Å². The Bertz CT molecular complexity index is 1400. The Hall–Kier alpha value is -3.52. The van der Waals surface area contributed by atoms with Gasteiger partial charge in [-0.1, -0.05) is 36.4 Å². The molecule has 1 aliphatic heterocycles. The maximum absolute atomic E-state index is 12.9. The summed E-state index contributed by atoms with van der Waals surface area (Å²) in [7, 11) is 3.26. The van der Waals surface area contributed by atoms with Crippen molar-refractivity contribution in [3.8, 4) is 17.2 Å². The van der Waals surface area contributed by atoms with Gasteiger partial charge in [0.2, 0.25) is 6.29 Å². The van der Waals surface area contributed by atoms with Crippen LogP contribution in [0.3, 0.4) is 0 Å². The van der Waals surface area contributed by atoms with Crippen LogP contribution in [-0.2, 0) is 23.8 Å². The van der Waals surface area contributed by atoms with Gasteiger partial charge in [-0.25, -0.2) is 0 Å². The molecule has 0 saturated carbocycles. The summed E-state index contributed by atoms with van der Waals surface area (Å²) < 4.78 is 36.2. The van der Waals surface area contributed by atoms with Crippen molar-refractivity contribution in [3.05, 3.63) is 42.5 Å². The molecule has 0 aromatic heterocycles. The van der Waals surface area contributed by atoms with E-state index in [9.17, 15) is 9.59 Å². The van der Waals surface area contributed by atoms with E-state index in [4.69, 9.17) is 28.4 Å². The Kier molecular flexibility index (Phi) is 8.22. The fraction of sp³-hybridized carbons (Fsp3) is 0.500. The number of carbonyl (C=O) groups is 2. The third kappa shape index (κ3) is 5.82. The molecule has 0 radical (unpaired) electrons. The molecule has 0 spiro atoms. The number of hydrogen-bond donors (Lipinski definition) is 0. The molecule has 8 heteroatoms. The summed E-state index contributed by atoms with van der Waals surface area (Å²) in [6, 6.07) is 13.5. The molecule has 0 bridgehead atoms. The Morgan fingerprint density at radius 2 is 1.32 bits per heavy atom. The van der Waals surface area contributed by atoms with Gasteiger partial charge in [-0.05, 0) is 54.5 Å². The standard InChI is InChI=1S/C32H40O8/c1-18-26(40-30(34)32(5,6)7)23(39-29(33)31(2,3)4)17-24(37-18)38-22-16-12-15-21-25(22)28(36-9)20-14-11-10-13-19(20)27(21)35-8/h10-16,18,23-24,26H,17H2,1-9H3/t18-,23-,24-,26-/m0/s1. The molecule has 3 aromatic carbocycles. The van der Waals surface area contributed by atoms with Crippen LogP contribution < -0.4 is 14.2 Å². The highest BCUT2D eigenvalue weighted by Crippen LogP contribution is 2.46. The first-order chi connectivity index (χ1) is 18.8. The lowest BCUT2D eigenvalue weighted by Crippen LogP contribution is -2.53. The first kappa shape index (κ1) is 29.5. The molecule has 4 rings (SSSR count). The van der Waals surface area contributed by atoms with Crippen molar-refractivity contribution in [1.82, 2.24) is 0 Å². The van der Waals surface area contributed by atoms with Crippen LogP contribution >= 0.6 is 0 Å². The normalized spacial score (nSPS) is 21.6. The van der Waals surface area contributed by atoms with E-state index in [1.54, 1.807) is 62.7 Å². The highest BCUT2D eigenvalue weighted by Gasteiger charge is 2.45. The average molecular weight is 553 g/mol. The van der Waals surface area contributed by atoms with Gasteiger partial charge in [0, 0.05) is 16.2 Å². The van der Waals surface area contributed by atoms with Gasteiger partial charge in [0.15, 0.2) is 6.10 Å². The van der Waals surface area contributed by atoms with Crippen LogP contribution in [0.15, 0.2) is 42.5 Å². The fourth-order valence-electron chi connectivity index (χ4n) is 4.76. The van der Waals surface area contributed by atoms with E-state index in [0.717, 1.165) is 21.5 Å². The quantitative estimate of drug-likeness (QED) is 0.255. The van der Waals surface area contributed by atoms with Crippen molar-refractivity contribution in [2.24, 2.45) is 10.8 Å². The molecule has 1 heterocycles. The molecule has 0 amide bonds. The van der Waals surface area contributed by atoms with E-state index in [2.05, 4.69) is 0 Å². The van der Waals surface area contributed by atoms with E-state index in [0.29, 0.717) is 17.2 Å². The molecule has 4 atom stereocenters. The van der Waals surface area contributed by atoms with Gasteiger partial charge in [0.25, 0.3) is 0 Å². The van der Waals surface area contributed by atoms with Crippen molar-refractivity contribution in [1.29, 1.82) is 0 Å². The molecule has 8 nitrogen and oxygen atoms in total. The Labute approximate surface area is 235 Å². The van der Waals surface area contributed by atoms with E-state index < -0.39 is 47.4 Å². The number of methoxy groups -OCH3 is 2. The molecule has 0 aliphatic carbocycles. The number of benzene rings is 3. The molecule has 3 aromatic rings. The fourth-order valence-corrected chi connectivity index (χ4v) is 4.76. The highest BCUT2D eigenvalue weighted by molar-refractivity contribution is 6.13. The Morgan fingerprint density at radius 3 is 1.90 bits per heavy atom. The van der Waals surface area contributed by atoms with Crippen molar-refractivity contribution in [3.63, 3.8) is 0 Å². The second-order valence-electron chi connectivity index (χ2n) is 12.2. The first-order valence-corrected chi connectivity index (χ1v) is 13.6. The minimum absolute atomic E-state index is 0.164. The molecule has 1 aliphatic rings. The summed E-state index contributed by atoms with van der Waals surface area (Å²) in [4.78, 5) is 25.7. The minimum atomic E-state index is -0.788. The molecule has 0 N–H and O–H groups in total. The number of ether oxygens (including phenoxy) is 6. The molecule has 40 heavy (non-hydrogen) atoms. The Balaban J connectivity index is 1.72. The summed E-state index contributed by atoms with van der Waals surface area (Å²) in [6.07, 6.45) is -2.78. The number of carbonyl (C=O) groups excluding carboxylic acids is 2. The smallest absolute Gasteiger partial charge is 0.311 e. The van der Waals surface area contributed by atoms with E-state index in [1.807, 2.05) is 42.5 Å². The average Bonchev–Trinajstić information content (AvgIpc) is 2.88. The van der Waals surface area contributed by atoms with Gasteiger partial charge in [-0.2, -0.15) is 0 Å². The van der Waals surface area contributed by atoms with Crippen LogP contribution in [0, 0.1) is 10.8 Å². The lowest BCUT2D eigenvalue weighted by molar-refractivity contribution is -0.239. The zero-order valence-corrected chi connectivity index (χ0v) is 24.8. The topological polar surface area (TPSA) is 89.5 Å². The van der Waals surface area contributed by atoms with E-state index in [-0.39, 0.29) is 6.42 Å². The number of rotatable bonds is 6. The van der Waals surface area contributed by atoms with Crippen LogP contribution in [0.4, 0.5) is 0 Å². The van der Waals surface area contributed by atoms with Gasteiger partial charge in [0.1, 0.15) is 23.4 Å². The predicted molar refractivity (Wildman–Crippen MR) is 153 cm³/mol. The van der Waals surface area contributed by atoms with Gasteiger partial charge >= 0.3 is 11.9 Å². The summed E-state index contributed by atoms with van der Waals surface area (Å²) in [5, 5.41) is 3.37. The minimum Gasteiger partial charge on any atom is -0.495 e. The van der Waals surface area contributed by atoms with Crippen molar-refractivity contribution < 1.29 is 38.0 Å². The summed E-state index contributed by atoms with van der Waals surface area (Å²) in [6.45, 7) is 12.5. The predicted octanol–water partition coefficient (Wildman–Crippen LogP) is 6.44. The van der Waals surface area contributed by atoms with Gasteiger partial charge in [-0.3, -0.25) is 9.59 Å². The second kappa shape index (κ2) is 11.2. The highest BCUT2D eigenvalue weighted by atomic mass is 16.7. The van der Waals surface area contributed by atoms with Gasteiger partial charge in [0.05, 0.1) is 43.0 Å². The van der Waals surface area contributed by atoms with Crippen LogP contribution in [0.1, 0.15) is 54.9 Å². The van der Waals surface area contributed by atoms with Crippen LogP contribution in [0.25, 0.3) is 21.5 Å². The monoisotopic (exact) mass is 552 g/mol. The van der Waals surface area contributed by atoms with Gasteiger partial charge < -0.3 is 28.4 Å². The van der Waals surface area contributed by atoms with E-state index in [1.165, 1.54) is 0 Å². The summed E-state index contributed by atoms with van der Waals surface area (Å²) in [5.41, 5.74) is -1.47. The van der Waals surface area contributed by atoms with Gasteiger partial charge in [-0.15, -0.1) is 0 Å². The van der Waals surface area contributed by atoms with Crippen LogP contribution in [0.5, 0.6) is 17.2 Å². The van der Waals surface area contributed by atoms with E-state index >= 15 is 0 Å². The molecule has 1 saturated heterocycles. The molecule has 0 unspecified atom stereocenters. The molecule has 1 fully saturated rings. The SMILES string of the molecule is COc1c2ccccc2c(OC)c2c(O[C@H]3C[C@H](OC(=O)C(C)(C)C)[C@@H](OC(=O)C(C)(C)C)[C@H](C)O3)cccc12. The second-order valence-corrected chi connectivity index (χ2v) is 12.2. The third-order valence-corrected chi connectivity index (χ3v) is 6.93. The number of esters is 2. The first-order valence-electron chi connectivity index (χ1n) is 13.6. The maximum Gasteiger partial charge on any atom is 0.311 e.